The van der Waals surface area contributed by atoms with Gasteiger partial charge < -0.3 is 4.57 Å². The summed E-state index contributed by atoms with van der Waals surface area (Å²) in [5, 5.41) is 0.801. The maximum Gasteiger partial charge on any atom is 0.168 e. The monoisotopic (exact) mass is 400 g/mol. The van der Waals surface area contributed by atoms with Crippen molar-refractivity contribution in [2.45, 2.75) is 19.9 Å². The lowest BCUT2D eigenvalue weighted by atomic mass is 10.1. The molecule has 0 spiro atoms. The molecule has 0 N–H and O–H groups in total. The molecule has 0 aliphatic rings. The third-order valence-corrected chi connectivity index (χ3v) is 5.36. The molecule has 5 aromatic rings. The minimum absolute atomic E-state index is 0.172. The summed E-state index contributed by atoms with van der Waals surface area (Å²) in [7, 11) is 0. The van der Waals surface area contributed by atoms with E-state index in [-0.39, 0.29) is 5.39 Å². The molecule has 0 radical (unpaired) electrons. The zero-order chi connectivity index (χ0) is 20.7. The van der Waals surface area contributed by atoms with Gasteiger partial charge in [0, 0.05) is 30.4 Å². The van der Waals surface area contributed by atoms with Gasteiger partial charge in [-0.2, -0.15) is 0 Å². The fourth-order valence-electron chi connectivity index (χ4n) is 3.80. The topological polar surface area (TPSA) is 43.6 Å². The summed E-state index contributed by atoms with van der Waals surface area (Å²) in [6, 6.07) is 14.8. The van der Waals surface area contributed by atoms with Crippen molar-refractivity contribution in [2.75, 3.05) is 0 Å². The van der Waals surface area contributed by atoms with E-state index in [0.29, 0.717) is 18.4 Å². The summed E-state index contributed by atoms with van der Waals surface area (Å²) in [5.74, 6) is -0.898. The predicted molar refractivity (Wildman–Crippen MR) is 112 cm³/mol. The zero-order valence-corrected chi connectivity index (χ0v) is 16.3. The fourth-order valence-corrected chi connectivity index (χ4v) is 3.80. The van der Waals surface area contributed by atoms with Crippen molar-refractivity contribution in [3.05, 3.63) is 101 Å². The third kappa shape index (κ3) is 3.10. The van der Waals surface area contributed by atoms with Crippen LogP contribution in [0.25, 0.3) is 21.9 Å². The summed E-state index contributed by atoms with van der Waals surface area (Å²) in [6.45, 7) is 2.41. The van der Waals surface area contributed by atoms with Crippen LogP contribution in [0.4, 0.5) is 8.78 Å². The van der Waals surface area contributed by atoms with Crippen LogP contribution in [0.1, 0.15) is 22.5 Å². The molecule has 0 atom stereocenters. The van der Waals surface area contributed by atoms with Crippen LogP contribution in [0, 0.1) is 18.6 Å². The molecule has 0 unspecified atom stereocenters. The first-order valence-electron chi connectivity index (χ1n) is 9.67. The summed E-state index contributed by atoms with van der Waals surface area (Å²) < 4.78 is 30.0. The van der Waals surface area contributed by atoms with E-state index >= 15 is 0 Å². The Morgan fingerprint density at radius 3 is 2.60 bits per heavy atom. The van der Waals surface area contributed by atoms with E-state index in [4.69, 9.17) is 4.98 Å². The lowest BCUT2D eigenvalue weighted by Gasteiger charge is -2.12. The number of hydrogen-bond acceptors (Lipinski definition) is 3. The molecule has 4 nitrogen and oxygen atoms in total. The van der Waals surface area contributed by atoms with Gasteiger partial charge in [0.05, 0.1) is 6.54 Å². The van der Waals surface area contributed by atoms with Gasteiger partial charge >= 0.3 is 0 Å². The molecule has 30 heavy (non-hydrogen) atoms. The normalized spacial score (nSPS) is 11.4. The molecule has 0 aliphatic heterocycles. The van der Waals surface area contributed by atoms with Crippen molar-refractivity contribution >= 4 is 21.9 Å². The summed E-state index contributed by atoms with van der Waals surface area (Å²) >= 11 is 0. The van der Waals surface area contributed by atoms with Gasteiger partial charge in [-0.3, -0.25) is 4.98 Å². The van der Waals surface area contributed by atoms with Crippen LogP contribution in [0.2, 0.25) is 0 Å². The van der Waals surface area contributed by atoms with Crippen LogP contribution in [-0.2, 0) is 13.0 Å². The Labute approximate surface area is 171 Å². The molecular weight excluding hydrogens is 382 g/mol. The smallest absolute Gasteiger partial charge is 0.168 e. The Morgan fingerprint density at radius 2 is 1.77 bits per heavy atom. The van der Waals surface area contributed by atoms with Crippen LogP contribution in [0.5, 0.6) is 0 Å². The Hall–Kier alpha value is -3.67. The van der Waals surface area contributed by atoms with Gasteiger partial charge in [0.1, 0.15) is 11.3 Å². The van der Waals surface area contributed by atoms with Gasteiger partial charge in [-0.05, 0) is 41.1 Å². The highest BCUT2D eigenvalue weighted by Crippen LogP contribution is 2.26. The molecule has 6 heteroatoms. The van der Waals surface area contributed by atoms with E-state index < -0.39 is 11.6 Å². The number of aromatic nitrogens is 4. The van der Waals surface area contributed by atoms with Crippen molar-refractivity contribution in [2.24, 2.45) is 0 Å². The van der Waals surface area contributed by atoms with E-state index in [9.17, 15) is 8.78 Å². The van der Waals surface area contributed by atoms with Crippen LogP contribution in [-0.4, -0.2) is 19.5 Å². The molecule has 3 aromatic heterocycles. The lowest BCUT2D eigenvalue weighted by Crippen LogP contribution is -2.08. The maximum atomic E-state index is 14.3. The molecule has 0 aliphatic carbocycles. The fraction of sp³-hybridized carbons (Fsp3) is 0.125. The SMILES string of the molecule is Cc1ccnc2c1nc(Cc1ccccc1)n2Cc1cncc2c(F)c(F)ccc12. The maximum absolute atomic E-state index is 14.3. The van der Waals surface area contributed by atoms with Crippen molar-refractivity contribution in [1.29, 1.82) is 0 Å². The van der Waals surface area contributed by atoms with Gasteiger partial charge in [0.15, 0.2) is 17.3 Å². The highest BCUT2D eigenvalue weighted by molar-refractivity contribution is 5.85. The zero-order valence-electron chi connectivity index (χ0n) is 16.3. The number of fused-ring (bicyclic) bond motifs is 2. The van der Waals surface area contributed by atoms with Gasteiger partial charge in [-0.1, -0.05) is 36.4 Å². The van der Waals surface area contributed by atoms with Crippen molar-refractivity contribution < 1.29 is 8.78 Å². The molecule has 0 bridgehead atoms. The number of nitrogens with zero attached hydrogens (tertiary/aromatic N) is 4. The molecule has 5 rings (SSSR count). The van der Waals surface area contributed by atoms with Gasteiger partial charge in [-0.25, -0.2) is 18.7 Å². The first-order valence-corrected chi connectivity index (χ1v) is 9.67. The molecular formula is C24H18F2N4. The molecule has 0 amide bonds. The number of halogens is 2. The van der Waals surface area contributed by atoms with E-state index in [1.807, 2.05) is 35.8 Å². The summed E-state index contributed by atoms with van der Waals surface area (Å²) in [5.41, 5.74) is 4.56. The van der Waals surface area contributed by atoms with Gasteiger partial charge in [0.25, 0.3) is 0 Å². The van der Waals surface area contributed by atoms with Crippen molar-refractivity contribution in [3.8, 4) is 0 Å². The van der Waals surface area contributed by atoms with Gasteiger partial charge in [-0.15, -0.1) is 0 Å². The van der Waals surface area contributed by atoms with Crippen molar-refractivity contribution in [3.63, 3.8) is 0 Å². The number of hydrogen-bond donors (Lipinski definition) is 0. The third-order valence-electron chi connectivity index (χ3n) is 5.36. The van der Waals surface area contributed by atoms with Crippen LogP contribution in [0.3, 0.4) is 0 Å². The Kier molecular flexibility index (Phi) is 4.47. The molecule has 0 fully saturated rings. The number of imidazole rings is 1. The van der Waals surface area contributed by atoms with E-state index in [1.54, 1.807) is 18.5 Å². The summed E-state index contributed by atoms with van der Waals surface area (Å²) in [6.07, 6.45) is 5.44. The molecule has 0 saturated carbocycles. The van der Waals surface area contributed by atoms with Crippen LogP contribution in [0.15, 0.2) is 67.1 Å². The minimum atomic E-state index is -0.879. The van der Waals surface area contributed by atoms with E-state index in [2.05, 4.69) is 22.1 Å². The van der Waals surface area contributed by atoms with E-state index in [0.717, 1.165) is 39.7 Å². The Bertz CT molecular complexity index is 1380. The lowest BCUT2D eigenvalue weighted by molar-refractivity contribution is 0.516. The molecule has 2 aromatic carbocycles. The van der Waals surface area contributed by atoms with Crippen LogP contribution >= 0.6 is 0 Å². The average molecular weight is 400 g/mol. The number of benzene rings is 2. The summed E-state index contributed by atoms with van der Waals surface area (Å²) in [4.78, 5) is 13.6. The Balaban J connectivity index is 1.67. The largest absolute Gasteiger partial charge is 0.308 e. The minimum Gasteiger partial charge on any atom is -0.308 e. The molecule has 148 valence electrons. The Morgan fingerprint density at radius 1 is 0.933 bits per heavy atom. The van der Waals surface area contributed by atoms with Crippen molar-refractivity contribution in [1.82, 2.24) is 19.5 Å². The van der Waals surface area contributed by atoms with Gasteiger partial charge in [0.2, 0.25) is 0 Å². The predicted octanol–water partition coefficient (Wildman–Crippen LogP) is 5.21. The first-order chi connectivity index (χ1) is 14.6. The highest BCUT2D eigenvalue weighted by Gasteiger charge is 2.17. The highest BCUT2D eigenvalue weighted by atomic mass is 19.2. The quantitative estimate of drug-likeness (QED) is 0.416. The number of rotatable bonds is 4. The molecule has 0 saturated heterocycles. The standard InChI is InChI=1S/C24H18F2N4/c1-15-9-10-28-24-23(15)29-21(11-16-5-3-2-4-6-16)30(24)14-17-12-27-13-19-18(17)7-8-20(25)22(19)26/h2-10,12-13H,11,14H2,1H3. The van der Waals surface area contributed by atoms with Crippen LogP contribution < -0.4 is 0 Å². The second-order valence-corrected chi connectivity index (χ2v) is 7.33. The first kappa shape index (κ1) is 18.4. The van der Waals surface area contributed by atoms with E-state index in [1.165, 1.54) is 6.20 Å². The average Bonchev–Trinajstić information content (AvgIpc) is 3.10. The number of aryl methyl sites for hydroxylation is 1. The number of pyridine rings is 2. The second kappa shape index (κ2) is 7.30. The second-order valence-electron chi connectivity index (χ2n) is 7.33. The molecule has 3 heterocycles.